The van der Waals surface area contributed by atoms with Crippen molar-refractivity contribution in [2.45, 2.75) is 44.2 Å². The molecule has 2 aromatic carbocycles. The van der Waals surface area contributed by atoms with Crippen LogP contribution in [0.3, 0.4) is 0 Å². The first-order valence-electron chi connectivity index (χ1n) is 8.18. The van der Waals surface area contributed by atoms with E-state index in [1.807, 2.05) is 0 Å². The van der Waals surface area contributed by atoms with Gasteiger partial charge < -0.3 is 4.90 Å². The molecule has 0 radical (unpaired) electrons. The Morgan fingerprint density at radius 3 is 2.55 bits per heavy atom. The van der Waals surface area contributed by atoms with Crippen LogP contribution in [0.15, 0.2) is 54.6 Å². The van der Waals surface area contributed by atoms with Crippen LogP contribution in [-0.2, 0) is 17.8 Å². The molecule has 2 aliphatic rings. The molecule has 4 rings (SSSR count). The number of hydrogen-bond donors (Lipinski definition) is 0. The first-order valence-corrected chi connectivity index (χ1v) is 8.18. The highest BCUT2D eigenvalue weighted by molar-refractivity contribution is 5.82. The van der Waals surface area contributed by atoms with E-state index < -0.39 is 0 Å². The minimum Gasteiger partial charge on any atom is -0.361 e. The molecule has 0 aromatic heterocycles. The predicted octanol–water partition coefficient (Wildman–Crippen LogP) is 4.13. The molecular formula is C20H21NO. The number of hydrogen-bond acceptors (Lipinski definition) is 2. The summed E-state index contributed by atoms with van der Waals surface area (Å²) in [6, 6.07) is 19.3. The van der Waals surface area contributed by atoms with Gasteiger partial charge in [0.25, 0.3) is 0 Å². The lowest BCUT2D eigenvalue weighted by Gasteiger charge is -2.42. The summed E-state index contributed by atoms with van der Waals surface area (Å²) in [6.45, 7) is 0.894. The van der Waals surface area contributed by atoms with Crippen LogP contribution in [0.25, 0.3) is 0 Å². The van der Waals surface area contributed by atoms with Gasteiger partial charge in [0.15, 0.2) is 0 Å². The summed E-state index contributed by atoms with van der Waals surface area (Å²) in [5.74, 6) is 0.428. The molecule has 112 valence electrons. The average molecular weight is 291 g/mol. The third kappa shape index (κ3) is 2.23. The van der Waals surface area contributed by atoms with Crippen LogP contribution in [0.2, 0.25) is 0 Å². The molecule has 1 fully saturated rings. The molecule has 1 aliphatic carbocycles. The van der Waals surface area contributed by atoms with Crippen molar-refractivity contribution in [1.82, 2.24) is 0 Å². The van der Waals surface area contributed by atoms with Crippen LogP contribution in [0, 0.1) is 0 Å². The fourth-order valence-electron chi connectivity index (χ4n) is 4.19. The minimum atomic E-state index is 0.00879. The Hall–Kier alpha value is -2.09. The van der Waals surface area contributed by atoms with Gasteiger partial charge >= 0.3 is 0 Å². The summed E-state index contributed by atoms with van der Waals surface area (Å²) in [6.07, 6.45) is 4.63. The first kappa shape index (κ1) is 13.6. The zero-order chi connectivity index (χ0) is 15.0. The van der Waals surface area contributed by atoms with Gasteiger partial charge in [-0.3, -0.25) is 4.79 Å². The number of carbonyl (C=O) groups is 1. The van der Waals surface area contributed by atoms with Gasteiger partial charge in [0.1, 0.15) is 5.78 Å². The predicted molar refractivity (Wildman–Crippen MR) is 89.0 cm³/mol. The van der Waals surface area contributed by atoms with Crippen LogP contribution in [0.5, 0.6) is 0 Å². The van der Waals surface area contributed by atoms with Crippen LogP contribution < -0.4 is 4.90 Å². The van der Waals surface area contributed by atoms with Crippen molar-refractivity contribution in [3.63, 3.8) is 0 Å². The summed E-state index contributed by atoms with van der Waals surface area (Å²) < 4.78 is 0. The molecule has 0 amide bonds. The van der Waals surface area contributed by atoms with E-state index >= 15 is 0 Å². The van der Waals surface area contributed by atoms with Gasteiger partial charge in [-0.25, -0.2) is 0 Å². The maximum absolute atomic E-state index is 12.1. The molecule has 1 saturated carbocycles. The smallest absolute Gasteiger partial charge is 0.135 e. The van der Waals surface area contributed by atoms with E-state index in [0.717, 1.165) is 32.2 Å². The van der Waals surface area contributed by atoms with Crippen molar-refractivity contribution in [2.24, 2.45) is 0 Å². The van der Waals surface area contributed by atoms with Crippen LogP contribution >= 0.6 is 0 Å². The number of benzene rings is 2. The number of fused-ring (bicyclic) bond motifs is 1. The monoisotopic (exact) mass is 291 g/mol. The molecule has 2 nitrogen and oxygen atoms in total. The summed E-state index contributed by atoms with van der Waals surface area (Å²) in [7, 11) is 0. The molecule has 0 bridgehead atoms. The Bertz CT molecular complexity index is 694. The first-order chi connectivity index (χ1) is 10.8. The van der Waals surface area contributed by atoms with Crippen molar-refractivity contribution in [3.05, 3.63) is 65.7 Å². The highest BCUT2D eigenvalue weighted by Crippen LogP contribution is 2.46. The molecule has 2 heteroatoms. The largest absolute Gasteiger partial charge is 0.361 e. The third-order valence-electron chi connectivity index (χ3n) is 5.18. The molecule has 0 saturated heterocycles. The number of anilines is 1. The summed E-state index contributed by atoms with van der Waals surface area (Å²) in [5.41, 5.74) is 4.04. The average Bonchev–Trinajstić information content (AvgIpc) is 2.81. The van der Waals surface area contributed by atoms with Crippen LogP contribution in [0.4, 0.5) is 5.69 Å². The standard InChI is InChI=1S/C20H21NO/c22-18-10-6-12-20(14-18)13-17-9-4-5-11-19(17)21(20)15-16-7-2-1-3-8-16/h1-5,7-9,11H,6,10,12-15H2/t20-/m0/s1. The Labute approximate surface area is 131 Å². The fourth-order valence-corrected chi connectivity index (χ4v) is 4.19. The minimum absolute atomic E-state index is 0.00879. The number of rotatable bonds is 2. The van der Waals surface area contributed by atoms with E-state index in [1.165, 1.54) is 16.8 Å². The Morgan fingerprint density at radius 2 is 1.73 bits per heavy atom. The Kier molecular flexibility index (Phi) is 3.25. The van der Waals surface area contributed by atoms with Crippen molar-refractivity contribution in [1.29, 1.82) is 0 Å². The quantitative estimate of drug-likeness (QED) is 0.829. The summed E-state index contributed by atoms with van der Waals surface area (Å²) in [5, 5.41) is 0. The highest BCUT2D eigenvalue weighted by Gasteiger charge is 2.46. The van der Waals surface area contributed by atoms with E-state index in [4.69, 9.17) is 0 Å². The zero-order valence-electron chi connectivity index (χ0n) is 12.8. The maximum Gasteiger partial charge on any atom is 0.135 e. The van der Waals surface area contributed by atoms with Gasteiger partial charge in [-0.15, -0.1) is 0 Å². The van der Waals surface area contributed by atoms with Crippen LogP contribution in [-0.4, -0.2) is 11.3 Å². The van der Waals surface area contributed by atoms with E-state index in [0.29, 0.717) is 12.2 Å². The topological polar surface area (TPSA) is 20.3 Å². The Balaban J connectivity index is 1.74. The van der Waals surface area contributed by atoms with E-state index in [2.05, 4.69) is 59.5 Å². The number of carbonyl (C=O) groups excluding carboxylic acids is 1. The second-order valence-electron chi connectivity index (χ2n) is 6.67. The molecule has 0 N–H and O–H groups in total. The van der Waals surface area contributed by atoms with Crippen LogP contribution in [0.1, 0.15) is 36.8 Å². The van der Waals surface area contributed by atoms with Crippen molar-refractivity contribution < 1.29 is 4.79 Å². The highest BCUT2D eigenvalue weighted by atomic mass is 16.1. The van der Waals surface area contributed by atoms with Crippen molar-refractivity contribution in [2.75, 3.05) is 4.90 Å². The number of nitrogens with zero attached hydrogens (tertiary/aromatic N) is 1. The lowest BCUT2D eigenvalue weighted by molar-refractivity contribution is -0.121. The number of Topliss-reactive ketones (excluding diaryl/α,β-unsaturated/α-hetero) is 1. The van der Waals surface area contributed by atoms with Crippen molar-refractivity contribution >= 4 is 11.5 Å². The molecule has 1 aliphatic heterocycles. The van der Waals surface area contributed by atoms with E-state index in [9.17, 15) is 4.79 Å². The van der Waals surface area contributed by atoms with Gasteiger partial charge in [0.2, 0.25) is 0 Å². The van der Waals surface area contributed by atoms with Gasteiger partial charge in [-0.05, 0) is 36.5 Å². The van der Waals surface area contributed by atoms with Gasteiger partial charge in [-0.1, -0.05) is 48.5 Å². The second-order valence-corrected chi connectivity index (χ2v) is 6.67. The van der Waals surface area contributed by atoms with Gasteiger partial charge in [-0.2, -0.15) is 0 Å². The maximum atomic E-state index is 12.1. The normalized spacial score (nSPS) is 23.8. The molecule has 0 unspecified atom stereocenters. The molecule has 2 aromatic rings. The fraction of sp³-hybridized carbons (Fsp3) is 0.350. The molecule has 1 spiro atoms. The summed E-state index contributed by atoms with van der Waals surface area (Å²) in [4.78, 5) is 14.7. The second kappa shape index (κ2) is 5.28. The lowest BCUT2D eigenvalue weighted by atomic mass is 9.78. The number of para-hydroxylation sites is 1. The third-order valence-corrected chi connectivity index (χ3v) is 5.18. The molecule has 1 atom stereocenters. The lowest BCUT2D eigenvalue weighted by Crippen LogP contribution is -2.49. The van der Waals surface area contributed by atoms with Gasteiger partial charge in [0, 0.05) is 25.1 Å². The number of ketones is 1. The summed E-state index contributed by atoms with van der Waals surface area (Å²) >= 11 is 0. The van der Waals surface area contributed by atoms with E-state index in [1.54, 1.807) is 0 Å². The van der Waals surface area contributed by atoms with Gasteiger partial charge in [0.05, 0.1) is 5.54 Å². The van der Waals surface area contributed by atoms with Crippen molar-refractivity contribution in [3.8, 4) is 0 Å². The molecule has 22 heavy (non-hydrogen) atoms. The SMILES string of the molecule is O=C1CCC[C@@]2(C1)Cc1ccccc1N2Cc1ccccc1. The zero-order valence-corrected chi connectivity index (χ0v) is 12.8. The van der Waals surface area contributed by atoms with E-state index in [-0.39, 0.29) is 5.54 Å². The Morgan fingerprint density at radius 1 is 0.955 bits per heavy atom. The molecular weight excluding hydrogens is 270 g/mol. The molecule has 1 heterocycles.